The monoisotopic (exact) mass is 395 g/mol. The van der Waals surface area contributed by atoms with Crippen molar-refractivity contribution in [3.63, 3.8) is 0 Å². The number of nitrogens with zero attached hydrogens (tertiary/aromatic N) is 6. The molecule has 0 spiro atoms. The standard InChI is InChI=1S/C19H18FN7O2/c1-11(28)25-6-2-3-13(10-25)27-18-14(23-19(27)29)7-22-17(24-18)15-8-21-16-5-4-12(20)9-26(15)16/h4-5,7-9,13H,2-3,6,10H2,1H3,(H,23,29)/t13-/m1/s1. The topological polar surface area (TPSA) is 101 Å². The summed E-state index contributed by atoms with van der Waals surface area (Å²) in [7, 11) is 0. The minimum absolute atomic E-state index is 0.00865. The van der Waals surface area contributed by atoms with Crippen molar-refractivity contribution in [2.45, 2.75) is 25.8 Å². The number of rotatable bonds is 2. The maximum absolute atomic E-state index is 13.7. The minimum atomic E-state index is -0.400. The zero-order valence-electron chi connectivity index (χ0n) is 15.7. The van der Waals surface area contributed by atoms with E-state index in [-0.39, 0.29) is 17.6 Å². The van der Waals surface area contributed by atoms with Gasteiger partial charge in [0.25, 0.3) is 0 Å². The van der Waals surface area contributed by atoms with Crippen molar-refractivity contribution < 1.29 is 9.18 Å². The lowest BCUT2D eigenvalue weighted by Crippen LogP contribution is -2.41. The molecule has 5 heterocycles. The van der Waals surface area contributed by atoms with E-state index in [9.17, 15) is 14.0 Å². The number of hydrogen-bond acceptors (Lipinski definition) is 5. The van der Waals surface area contributed by atoms with Gasteiger partial charge in [0.2, 0.25) is 5.91 Å². The Hall–Kier alpha value is -3.56. The Morgan fingerprint density at radius 2 is 2.14 bits per heavy atom. The first-order chi connectivity index (χ1) is 14.0. The van der Waals surface area contributed by atoms with Gasteiger partial charge in [0.05, 0.1) is 18.4 Å². The van der Waals surface area contributed by atoms with Crippen LogP contribution in [0.3, 0.4) is 0 Å². The van der Waals surface area contributed by atoms with E-state index in [1.54, 1.807) is 32.3 Å². The summed E-state index contributed by atoms with van der Waals surface area (Å²) in [6.45, 7) is 2.68. The van der Waals surface area contributed by atoms with Gasteiger partial charge in [0.15, 0.2) is 11.5 Å². The highest BCUT2D eigenvalue weighted by molar-refractivity contribution is 5.74. The molecule has 10 heteroatoms. The lowest BCUT2D eigenvalue weighted by atomic mass is 10.1. The highest BCUT2D eigenvalue weighted by atomic mass is 19.1. The van der Waals surface area contributed by atoms with Crippen molar-refractivity contribution in [3.8, 4) is 11.5 Å². The van der Waals surface area contributed by atoms with Crippen LogP contribution in [0.25, 0.3) is 28.3 Å². The number of halogens is 1. The summed E-state index contributed by atoms with van der Waals surface area (Å²) in [4.78, 5) is 42.1. The second kappa shape index (κ2) is 6.50. The van der Waals surface area contributed by atoms with Crippen molar-refractivity contribution >= 4 is 22.7 Å². The number of nitrogens with one attached hydrogen (secondary N) is 1. The maximum Gasteiger partial charge on any atom is 0.328 e. The summed E-state index contributed by atoms with van der Waals surface area (Å²) >= 11 is 0. The van der Waals surface area contributed by atoms with Crippen LogP contribution in [0.2, 0.25) is 0 Å². The predicted molar refractivity (Wildman–Crippen MR) is 103 cm³/mol. The number of pyridine rings is 1. The molecule has 0 unspecified atom stereocenters. The smallest absolute Gasteiger partial charge is 0.328 e. The number of hydrogen-bond donors (Lipinski definition) is 1. The number of amides is 1. The van der Waals surface area contributed by atoms with Gasteiger partial charge in [0, 0.05) is 26.2 Å². The van der Waals surface area contributed by atoms with Crippen LogP contribution >= 0.6 is 0 Å². The Kier molecular flexibility index (Phi) is 3.93. The first kappa shape index (κ1) is 17.5. The summed E-state index contributed by atoms with van der Waals surface area (Å²) in [5, 5.41) is 0. The zero-order valence-corrected chi connectivity index (χ0v) is 15.7. The average molecular weight is 395 g/mol. The molecule has 0 radical (unpaired) electrons. The summed E-state index contributed by atoms with van der Waals surface area (Å²) in [6, 6.07) is 2.74. The number of aromatic amines is 1. The average Bonchev–Trinajstić information content (AvgIpc) is 3.27. The number of piperidine rings is 1. The number of imidazole rings is 2. The molecule has 1 N–H and O–H groups in total. The molecule has 1 aliphatic heterocycles. The van der Waals surface area contributed by atoms with E-state index >= 15 is 0 Å². The molecular weight excluding hydrogens is 377 g/mol. The first-order valence-electron chi connectivity index (χ1n) is 9.37. The van der Waals surface area contributed by atoms with E-state index in [2.05, 4.69) is 19.9 Å². The van der Waals surface area contributed by atoms with Crippen LogP contribution in [0.15, 0.2) is 35.5 Å². The van der Waals surface area contributed by atoms with Crippen LogP contribution in [0.1, 0.15) is 25.8 Å². The van der Waals surface area contributed by atoms with Gasteiger partial charge in [-0.2, -0.15) is 0 Å². The molecular formula is C19H18FN7O2. The molecule has 1 saturated heterocycles. The van der Waals surface area contributed by atoms with Crippen LogP contribution in [-0.4, -0.2) is 52.8 Å². The Bertz CT molecular complexity index is 1310. The molecule has 4 aromatic heterocycles. The molecule has 0 bridgehead atoms. The first-order valence-corrected chi connectivity index (χ1v) is 9.37. The molecule has 0 aliphatic carbocycles. The van der Waals surface area contributed by atoms with Gasteiger partial charge < -0.3 is 9.88 Å². The second-order valence-corrected chi connectivity index (χ2v) is 7.21. The third-order valence-corrected chi connectivity index (χ3v) is 5.36. The molecule has 4 aromatic rings. The molecule has 148 valence electrons. The van der Waals surface area contributed by atoms with E-state index in [4.69, 9.17) is 0 Å². The van der Waals surface area contributed by atoms with Gasteiger partial charge in [-0.15, -0.1) is 0 Å². The predicted octanol–water partition coefficient (Wildman–Crippen LogP) is 1.76. The van der Waals surface area contributed by atoms with E-state index in [1.165, 1.54) is 19.2 Å². The van der Waals surface area contributed by atoms with Crippen molar-refractivity contribution in [2.75, 3.05) is 13.1 Å². The lowest BCUT2D eigenvalue weighted by Gasteiger charge is -2.32. The second-order valence-electron chi connectivity index (χ2n) is 7.21. The molecule has 1 amide bonds. The molecule has 0 aromatic carbocycles. The van der Waals surface area contributed by atoms with E-state index in [1.807, 2.05) is 0 Å². The number of carbonyl (C=O) groups is 1. The minimum Gasteiger partial charge on any atom is -0.341 e. The number of likely N-dealkylation sites (tertiary alicyclic amines) is 1. The fraction of sp³-hybridized carbons (Fsp3) is 0.316. The summed E-state index contributed by atoms with van der Waals surface area (Å²) in [5.74, 6) is -0.0730. The van der Waals surface area contributed by atoms with Crippen LogP contribution in [-0.2, 0) is 4.79 Å². The quantitative estimate of drug-likeness (QED) is 0.557. The third kappa shape index (κ3) is 2.87. The maximum atomic E-state index is 13.7. The Morgan fingerprint density at radius 3 is 2.97 bits per heavy atom. The lowest BCUT2D eigenvalue weighted by molar-refractivity contribution is -0.130. The Morgan fingerprint density at radius 1 is 1.28 bits per heavy atom. The number of aromatic nitrogens is 6. The van der Waals surface area contributed by atoms with Crippen molar-refractivity contribution in [1.82, 2.24) is 33.8 Å². The molecule has 9 nitrogen and oxygen atoms in total. The van der Waals surface area contributed by atoms with Gasteiger partial charge >= 0.3 is 5.69 Å². The normalized spacial score (nSPS) is 17.3. The van der Waals surface area contributed by atoms with Crippen molar-refractivity contribution in [3.05, 3.63) is 47.0 Å². The summed E-state index contributed by atoms with van der Waals surface area (Å²) in [5.41, 5.74) is 1.78. The van der Waals surface area contributed by atoms with Gasteiger partial charge in [0.1, 0.15) is 22.7 Å². The zero-order chi connectivity index (χ0) is 20.1. The van der Waals surface area contributed by atoms with E-state index in [0.717, 1.165) is 12.8 Å². The molecule has 1 aliphatic rings. The molecule has 1 atom stereocenters. The van der Waals surface area contributed by atoms with Crippen LogP contribution in [0.4, 0.5) is 4.39 Å². The number of fused-ring (bicyclic) bond motifs is 2. The molecule has 0 saturated carbocycles. The molecule has 29 heavy (non-hydrogen) atoms. The van der Waals surface area contributed by atoms with E-state index in [0.29, 0.717) is 41.4 Å². The SMILES string of the molecule is CC(=O)N1CCC[C@@H](n2c(=O)[nH]c3cnc(-c4cnc5ccc(F)cn45)nc32)C1. The Labute approximate surface area is 163 Å². The fourth-order valence-corrected chi connectivity index (χ4v) is 3.95. The molecule has 1 fully saturated rings. The Balaban J connectivity index is 1.63. The largest absolute Gasteiger partial charge is 0.341 e. The highest BCUT2D eigenvalue weighted by Crippen LogP contribution is 2.25. The van der Waals surface area contributed by atoms with Gasteiger partial charge in [-0.25, -0.2) is 24.1 Å². The fourth-order valence-electron chi connectivity index (χ4n) is 3.95. The van der Waals surface area contributed by atoms with Gasteiger partial charge in [-0.05, 0) is 25.0 Å². The molecule has 5 rings (SSSR count). The highest BCUT2D eigenvalue weighted by Gasteiger charge is 2.26. The van der Waals surface area contributed by atoms with Crippen LogP contribution < -0.4 is 5.69 Å². The van der Waals surface area contributed by atoms with Gasteiger partial charge in [-0.1, -0.05) is 0 Å². The van der Waals surface area contributed by atoms with Crippen LogP contribution in [0.5, 0.6) is 0 Å². The number of H-pyrrole nitrogens is 1. The van der Waals surface area contributed by atoms with E-state index < -0.39 is 5.82 Å². The van der Waals surface area contributed by atoms with Gasteiger partial charge in [-0.3, -0.25) is 13.8 Å². The van der Waals surface area contributed by atoms with Crippen LogP contribution in [0, 0.1) is 5.82 Å². The summed E-state index contributed by atoms with van der Waals surface area (Å²) < 4.78 is 16.9. The summed E-state index contributed by atoms with van der Waals surface area (Å²) in [6.07, 6.45) is 6.02. The number of carbonyl (C=O) groups excluding carboxylic acids is 1. The third-order valence-electron chi connectivity index (χ3n) is 5.36. The van der Waals surface area contributed by atoms with Crippen molar-refractivity contribution in [2.24, 2.45) is 0 Å². The van der Waals surface area contributed by atoms with Crippen molar-refractivity contribution in [1.29, 1.82) is 0 Å².